The van der Waals surface area contributed by atoms with E-state index in [1.165, 1.54) is 31.3 Å². The molecule has 0 aliphatic carbocycles. The van der Waals surface area contributed by atoms with Crippen LogP contribution in [0, 0.1) is 5.92 Å². The van der Waals surface area contributed by atoms with Gasteiger partial charge in [0.25, 0.3) is 10.0 Å². The van der Waals surface area contributed by atoms with Crippen molar-refractivity contribution >= 4 is 27.6 Å². The second-order valence-corrected chi connectivity index (χ2v) is 6.65. The molecule has 2 aromatic rings. The first-order valence-electron chi connectivity index (χ1n) is 6.55. The summed E-state index contributed by atoms with van der Waals surface area (Å²) in [4.78, 5) is 34.1. The number of carbonyl (C=O) groups excluding carboxylic acids is 2. The van der Waals surface area contributed by atoms with Crippen LogP contribution in [0.4, 0.5) is 0 Å². The molecule has 1 aromatic carbocycles. The molecule has 1 N–H and O–H groups in total. The standard InChI is InChI=1S/C15H13NO6S/c1-10(14(18)15(19)20)13(17)11-7-8-16(9-11)23(21,22)12-5-3-2-4-6-12/h2-10H,1H3,(H,19,20). The van der Waals surface area contributed by atoms with Crippen LogP contribution in [0.2, 0.25) is 0 Å². The SMILES string of the molecule is CC(C(=O)C(=O)O)C(=O)c1ccn(S(=O)(=O)c2ccccc2)c1. The summed E-state index contributed by atoms with van der Waals surface area (Å²) < 4.78 is 25.6. The highest BCUT2D eigenvalue weighted by Gasteiger charge is 2.29. The molecule has 0 aliphatic heterocycles. The molecule has 0 fully saturated rings. The summed E-state index contributed by atoms with van der Waals surface area (Å²) in [5.41, 5.74) is -0.0494. The summed E-state index contributed by atoms with van der Waals surface area (Å²) in [7, 11) is -3.85. The zero-order valence-electron chi connectivity index (χ0n) is 12.0. The van der Waals surface area contributed by atoms with Crippen molar-refractivity contribution in [2.24, 2.45) is 5.92 Å². The van der Waals surface area contributed by atoms with Crippen molar-refractivity contribution < 1.29 is 27.9 Å². The molecule has 0 saturated heterocycles. The number of carbonyl (C=O) groups is 3. The van der Waals surface area contributed by atoms with E-state index in [4.69, 9.17) is 5.11 Å². The van der Waals surface area contributed by atoms with Crippen LogP contribution in [0.5, 0.6) is 0 Å². The van der Waals surface area contributed by atoms with Crippen LogP contribution in [0.25, 0.3) is 0 Å². The molecule has 7 nitrogen and oxygen atoms in total. The number of aromatic nitrogens is 1. The number of hydrogen-bond acceptors (Lipinski definition) is 5. The maximum atomic E-state index is 12.4. The first kappa shape index (κ1) is 16.6. The van der Waals surface area contributed by atoms with Gasteiger partial charge in [-0.2, -0.15) is 0 Å². The first-order chi connectivity index (χ1) is 10.7. The van der Waals surface area contributed by atoms with E-state index in [1.54, 1.807) is 18.2 Å². The van der Waals surface area contributed by atoms with Crippen molar-refractivity contribution in [2.45, 2.75) is 11.8 Å². The fourth-order valence-corrected chi connectivity index (χ4v) is 3.16. The number of Topliss-reactive ketones (excluding diaryl/α,β-unsaturated/α-hetero) is 2. The van der Waals surface area contributed by atoms with Gasteiger partial charge in [0.15, 0.2) is 5.78 Å². The Kier molecular flexibility index (Phi) is 4.46. The highest BCUT2D eigenvalue weighted by Crippen LogP contribution is 2.17. The van der Waals surface area contributed by atoms with Gasteiger partial charge in [-0.1, -0.05) is 18.2 Å². The molecule has 0 radical (unpaired) electrons. The minimum Gasteiger partial charge on any atom is -0.475 e. The number of benzene rings is 1. The molecule has 23 heavy (non-hydrogen) atoms. The van der Waals surface area contributed by atoms with Crippen LogP contribution in [-0.2, 0) is 19.6 Å². The summed E-state index contributed by atoms with van der Waals surface area (Å²) in [6.45, 7) is 1.17. The zero-order chi connectivity index (χ0) is 17.2. The molecule has 2 rings (SSSR count). The van der Waals surface area contributed by atoms with E-state index in [0.717, 1.165) is 10.2 Å². The Bertz CT molecular complexity index is 866. The second kappa shape index (κ2) is 6.17. The predicted octanol–water partition coefficient (Wildman–Crippen LogP) is 1.20. The maximum Gasteiger partial charge on any atom is 0.372 e. The predicted molar refractivity (Wildman–Crippen MR) is 79.6 cm³/mol. The molecule has 120 valence electrons. The van der Waals surface area contributed by atoms with E-state index in [0.29, 0.717) is 0 Å². The molecule has 1 aromatic heterocycles. The zero-order valence-corrected chi connectivity index (χ0v) is 12.9. The van der Waals surface area contributed by atoms with Gasteiger partial charge in [-0.25, -0.2) is 17.2 Å². The third-order valence-corrected chi connectivity index (χ3v) is 4.92. The van der Waals surface area contributed by atoms with E-state index in [1.807, 2.05) is 0 Å². The van der Waals surface area contributed by atoms with Crippen LogP contribution in [0.3, 0.4) is 0 Å². The summed E-state index contributed by atoms with van der Waals surface area (Å²) in [5, 5.41) is 8.63. The Morgan fingerprint density at radius 1 is 1.09 bits per heavy atom. The average molecular weight is 335 g/mol. The minimum absolute atomic E-state index is 0.0456. The highest BCUT2D eigenvalue weighted by atomic mass is 32.2. The number of ketones is 2. The molecular formula is C15H13NO6S. The molecule has 0 bridgehead atoms. The minimum atomic E-state index is -3.85. The van der Waals surface area contributed by atoms with Gasteiger partial charge in [0, 0.05) is 18.0 Å². The lowest BCUT2D eigenvalue weighted by Crippen LogP contribution is -2.27. The fraction of sp³-hybridized carbons (Fsp3) is 0.133. The average Bonchev–Trinajstić information content (AvgIpc) is 3.04. The van der Waals surface area contributed by atoms with E-state index in [9.17, 15) is 22.8 Å². The molecule has 1 atom stereocenters. The number of carboxylic acids is 1. The number of aliphatic carboxylic acids is 1. The van der Waals surface area contributed by atoms with Crippen molar-refractivity contribution in [3.63, 3.8) is 0 Å². The van der Waals surface area contributed by atoms with Gasteiger partial charge in [0.2, 0.25) is 5.78 Å². The van der Waals surface area contributed by atoms with Crippen LogP contribution in [-0.4, -0.2) is 35.0 Å². The van der Waals surface area contributed by atoms with E-state index in [2.05, 4.69) is 0 Å². The van der Waals surface area contributed by atoms with Gasteiger partial charge in [-0.05, 0) is 25.1 Å². The third-order valence-electron chi connectivity index (χ3n) is 3.27. The van der Waals surface area contributed by atoms with Crippen LogP contribution in [0.15, 0.2) is 53.7 Å². The Labute approximate surface area is 132 Å². The summed E-state index contributed by atoms with van der Waals surface area (Å²) in [6, 6.07) is 8.85. The molecule has 0 amide bonds. The Balaban J connectivity index is 2.33. The molecule has 0 aliphatic rings. The molecule has 0 spiro atoms. The largest absolute Gasteiger partial charge is 0.475 e. The van der Waals surface area contributed by atoms with E-state index in [-0.39, 0.29) is 10.5 Å². The van der Waals surface area contributed by atoms with Gasteiger partial charge < -0.3 is 5.11 Å². The van der Waals surface area contributed by atoms with Crippen molar-refractivity contribution in [3.05, 3.63) is 54.4 Å². The van der Waals surface area contributed by atoms with Gasteiger partial charge in [0.05, 0.1) is 10.8 Å². The topological polar surface area (TPSA) is 111 Å². The number of hydrogen-bond donors (Lipinski definition) is 1. The molecule has 1 heterocycles. The second-order valence-electron chi connectivity index (χ2n) is 4.80. The Morgan fingerprint density at radius 3 is 2.26 bits per heavy atom. The monoisotopic (exact) mass is 335 g/mol. The third kappa shape index (κ3) is 3.21. The van der Waals surface area contributed by atoms with Crippen molar-refractivity contribution in [2.75, 3.05) is 0 Å². The molecule has 8 heteroatoms. The van der Waals surface area contributed by atoms with E-state index < -0.39 is 33.5 Å². The Hall–Kier alpha value is -2.74. The lowest BCUT2D eigenvalue weighted by atomic mass is 9.97. The van der Waals surface area contributed by atoms with Crippen LogP contribution in [0.1, 0.15) is 17.3 Å². The van der Waals surface area contributed by atoms with Crippen molar-refractivity contribution in [1.29, 1.82) is 0 Å². The first-order valence-corrected chi connectivity index (χ1v) is 7.99. The van der Waals surface area contributed by atoms with Crippen LogP contribution < -0.4 is 0 Å². The summed E-state index contributed by atoms with van der Waals surface area (Å²) in [6.07, 6.45) is 2.24. The lowest BCUT2D eigenvalue weighted by Gasteiger charge is -2.06. The summed E-state index contributed by atoms with van der Waals surface area (Å²) in [5.74, 6) is -5.09. The smallest absolute Gasteiger partial charge is 0.372 e. The fourth-order valence-electron chi connectivity index (χ4n) is 1.94. The number of carboxylic acid groups (broad SMARTS) is 1. The van der Waals surface area contributed by atoms with Gasteiger partial charge in [-0.3, -0.25) is 9.59 Å². The van der Waals surface area contributed by atoms with Gasteiger partial charge in [-0.15, -0.1) is 0 Å². The number of rotatable bonds is 6. The van der Waals surface area contributed by atoms with Gasteiger partial charge in [0.1, 0.15) is 0 Å². The van der Waals surface area contributed by atoms with E-state index >= 15 is 0 Å². The molecule has 0 saturated carbocycles. The van der Waals surface area contributed by atoms with Crippen molar-refractivity contribution in [3.8, 4) is 0 Å². The van der Waals surface area contributed by atoms with Crippen molar-refractivity contribution in [1.82, 2.24) is 3.97 Å². The summed E-state index contributed by atoms with van der Waals surface area (Å²) >= 11 is 0. The number of nitrogens with zero attached hydrogens (tertiary/aromatic N) is 1. The molecule has 1 unspecified atom stereocenters. The quantitative estimate of drug-likeness (QED) is 0.482. The lowest BCUT2D eigenvalue weighted by molar-refractivity contribution is -0.150. The molecular weight excluding hydrogens is 322 g/mol. The maximum absolute atomic E-state index is 12.4. The normalized spacial score (nSPS) is 12.6. The van der Waals surface area contributed by atoms with Gasteiger partial charge >= 0.3 is 5.97 Å². The van der Waals surface area contributed by atoms with Crippen LogP contribution >= 0.6 is 0 Å². The highest BCUT2D eigenvalue weighted by molar-refractivity contribution is 7.90. The Morgan fingerprint density at radius 2 is 1.70 bits per heavy atom.